The monoisotopic (exact) mass is 266 g/mol. The van der Waals surface area contributed by atoms with Crippen molar-refractivity contribution in [3.8, 4) is 5.75 Å². The summed E-state index contributed by atoms with van der Waals surface area (Å²) in [6.07, 6.45) is 4.01. The molecule has 1 rings (SSSR count). The molecule has 19 heavy (non-hydrogen) atoms. The zero-order valence-corrected chi connectivity index (χ0v) is 11.5. The quantitative estimate of drug-likeness (QED) is 0.387. The molecule has 1 aromatic rings. The van der Waals surface area contributed by atoms with E-state index >= 15 is 0 Å². The molecular formula is C15H22O4. The van der Waals surface area contributed by atoms with Crippen molar-refractivity contribution in [1.29, 1.82) is 0 Å². The molecule has 0 radical (unpaired) electrons. The predicted molar refractivity (Wildman–Crippen MR) is 73.4 cm³/mol. The molecular weight excluding hydrogens is 244 g/mol. The molecule has 0 unspecified atom stereocenters. The van der Waals surface area contributed by atoms with E-state index in [0.717, 1.165) is 13.0 Å². The van der Waals surface area contributed by atoms with Crippen molar-refractivity contribution in [2.24, 2.45) is 0 Å². The molecule has 0 aliphatic rings. The maximum Gasteiger partial charge on any atom is 0.513 e. The first-order chi connectivity index (χ1) is 9.33. The minimum atomic E-state index is -0.694. The number of hydrogen-bond donors (Lipinski definition) is 0. The van der Waals surface area contributed by atoms with E-state index in [1.165, 1.54) is 19.3 Å². The van der Waals surface area contributed by atoms with Gasteiger partial charge in [-0.05, 0) is 18.6 Å². The molecule has 0 saturated carbocycles. The van der Waals surface area contributed by atoms with Crippen LogP contribution in [-0.2, 0) is 9.47 Å². The van der Waals surface area contributed by atoms with Gasteiger partial charge in [-0.15, -0.1) is 0 Å². The van der Waals surface area contributed by atoms with Gasteiger partial charge in [-0.1, -0.05) is 44.4 Å². The summed E-state index contributed by atoms with van der Waals surface area (Å²) in [7, 11) is 0. The van der Waals surface area contributed by atoms with Crippen LogP contribution in [-0.4, -0.2) is 26.0 Å². The van der Waals surface area contributed by atoms with Crippen LogP contribution >= 0.6 is 0 Å². The fourth-order valence-corrected chi connectivity index (χ4v) is 1.53. The highest BCUT2D eigenvalue weighted by molar-refractivity contribution is 5.63. The third kappa shape index (κ3) is 8.21. The molecule has 0 atom stereocenters. The Morgan fingerprint density at radius 1 is 1.00 bits per heavy atom. The highest BCUT2D eigenvalue weighted by atomic mass is 16.7. The Bertz CT molecular complexity index is 337. The third-order valence-corrected chi connectivity index (χ3v) is 2.53. The Labute approximate surface area is 114 Å². The minimum absolute atomic E-state index is 0.222. The predicted octanol–water partition coefficient (Wildman–Crippen LogP) is 3.80. The summed E-state index contributed by atoms with van der Waals surface area (Å²) in [6.45, 7) is 3.53. The van der Waals surface area contributed by atoms with Gasteiger partial charge < -0.3 is 14.2 Å². The largest absolute Gasteiger partial charge is 0.513 e. The lowest BCUT2D eigenvalue weighted by molar-refractivity contribution is 0.0509. The van der Waals surface area contributed by atoms with Crippen molar-refractivity contribution in [3.63, 3.8) is 0 Å². The van der Waals surface area contributed by atoms with Gasteiger partial charge >= 0.3 is 6.16 Å². The van der Waals surface area contributed by atoms with Crippen LogP contribution in [0.5, 0.6) is 5.75 Å². The van der Waals surface area contributed by atoms with E-state index in [1.54, 1.807) is 24.3 Å². The fourth-order valence-electron chi connectivity index (χ4n) is 1.53. The number of rotatable bonds is 9. The number of carbonyl (C=O) groups is 1. The maximum absolute atomic E-state index is 11.3. The van der Waals surface area contributed by atoms with Crippen molar-refractivity contribution >= 4 is 6.16 Å². The lowest BCUT2D eigenvalue weighted by Crippen LogP contribution is -2.14. The Morgan fingerprint density at radius 2 is 1.79 bits per heavy atom. The van der Waals surface area contributed by atoms with Gasteiger partial charge in [0, 0.05) is 6.61 Å². The van der Waals surface area contributed by atoms with Crippen LogP contribution in [0.2, 0.25) is 0 Å². The zero-order valence-electron chi connectivity index (χ0n) is 11.5. The van der Waals surface area contributed by atoms with Crippen LogP contribution in [0.25, 0.3) is 0 Å². The van der Waals surface area contributed by atoms with Gasteiger partial charge in [-0.3, -0.25) is 0 Å². The van der Waals surface area contributed by atoms with Gasteiger partial charge in [0.1, 0.15) is 12.4 Å². The molecule has 0 aliphatic heterocycles. The molecule has 0 N–H and O–H groups in total. The van der Waals surface area contributed by atoms with E-state index in [0.29, 0.717) is 12.4 Å². The molecule has 1 aromatic carbocycles. The van der Waals surface area contributed by atoms with Crippen molar-refractivity contribution in [2.75, 3.05) is 19.8 Å². The van der Waals surface area contributed by atoms with Gasteiger partial charge in [-0.25, -0.2) is 4.79 Å². The van der Waals surface area contributed by atoms with E-state index in [4.69, 9.17) is 14.2 Å². The Hall–Kier alpha value is -1.55. The van der Waals surface area contributed by atoms with Crippen molar-refractivity contribution in [2.45, 2.75) is 32.6 Å². The lowest BCUT2D eigenvalue weighted by Gasteiger charge is -2.06. The average molecular weight is 266 g/mol. The lowest BCUT2D eigenvalue weighted by atomic mass is 10.2. The van der Waals surface area contributed by atoms with Gasteiger partial charge in [0.25, 0.3) is 0 Å². The first-order valence-corrected chi connectivity index (χ1v) is 6.80. The normalized spacial score (nSPS) is 10.2. The topological polar surface area (TPSA) is 44.8 Å². The fraction of sp³-hybridized carbons (Fsp3) is 0.533. The molecule has 0 heterocycles. The van der Waals surface area contributed by atoms with Gasteiger partial charge in [0.15, 0.2) is 0 Å². The highest BCUT2D eigenvalue weighted by Gasteiger charge is 2.04. The first kappa shape index (κ1) is 15.5. The molecule has 4 nitrogen and oxygen atoms in total. The van der Waals surface area contributed by atoms with Gasteiger partial charge in [0.05, 0.1) is 6.61 Å². The number of carbonyl (C=O) groups excluding carboxylic acids is 1. The van der Waals surface area contributed by atoms with Crippen molar-refractivity contribution in [3.05, 3.63) is 30.3 Å². The van der Waals surface area contributed by atoms with E-state index in [1.807, 2.05) is 6.07 Å². The second kappa shape index (κ2) is 10.4. The number of benzene rings is 1. The first-order valence-electron chi connectivity index (χ1n) is 6.80. The number of para-hydroxylation sites is 1. The summed E-state index contributed by atoms with van der Waals surface area (Å²) < 4.78 is 15.2. The summed E-state index contributed by atoms with van der Waals surface area (Å²) in [4.78, 5) is 11.3. The molecule has 0 aliphatic carbocycles. The Kier molecular flexibility index (Phi) is 8.47. The highest BCUT2D eigenvalue weighted by Crippen LogP contribution is 2.08. The maximum atomic E-state index is 11.3. The van der Waals surface area contributed by atoms with Crippen LogP contribution in [0.4, 0.5) is 4.79 Å². The third-order valence-electron chi connectivity index (χ3n) is 2.53. The Morgan fingerprint density at radius 3 is 2.53 bits per heavy atom. The van der Waals surface area contributed by atoms with E-state index in [2.05, 4.69) is 6.92 Å². The zero-order chi connectivity index (χ0) is 13.8. The molecule has 0 aromatic heterocycles. The van der Waals surface area contributed by atoms with Crippen LogP contribution in [0, 0.1) is 0 Å². The molecule has 0 bridgehead atoms. The molecule has 0 spiro atoms. The molecule has 0 fully saturated rings. The van der Waals surface area contributed by atoms with Crippen LogP contribution < -0.4 is 4.74 Å². The van der Waals surface area contributed by atoms with E-state index < -0.39 is 6.16 Å². The van der Waals surface area contributed by atoms with E-state index in [9.17, 15) is 4.79 Å². The summed E-state index contributed by atoms with van der Waals surface area (Å²) in [5.74, 6) is 0.480. The molecule has 106 valence electrons. The number of ether oxygens (including phenoxy) is 3. The smallest absolute Gasteiger partial charge is 0.432 e. The Balaban J connectivity index is 1.96. The second-order valence-electron chi connectivity index (χ2n) is 4.19. The standard InChI is InChI=1S/C15H22O4/c1-2-3-4-8-11-17-12-13-18-15(16)19-14-9-6-5-7-10-14/h5-7,9-10H,2-4,8,11-13H2,1H3. The minimum Gasteiger partial charge on any atom is -0.432 e. The van der Waals surface area contributed by atoms with E-state index in [-0.39, 0.29) is 6.61 Å². The molecule has 0 saturated heterocycles. The SMILES string of the molecule is CCCCCCOCCOC(=O)Oc1ccccc1. The van der Waals surface area contributed by atoms with Crippen LogP contribution in [0.1, 0.15) is 32.6 Å². The second-order valence-corrected chi connectivity index (χ2v) is 4.19. The summed E-state index contributed by atoms with van der Waals surface area (Å²) in [5, 5.41) is 0. The van der Waals surface area contributed by atoms with Crippen LogP contribution in [0.3, 0.4) is 0 Å². The average Bonchev–Trinajstić information content (AvgIpc) is 2.43. The number of unbranched alkanes of at least 4 members (excludes halogenated alkanes) is 3. The van der Waals surface area contributed by atoms with Crippen molar-refractivity contribution in [1.82, 2.24) is 0 Å². The summed E-state index contributed by atoms with van der Waals surface area (Å²) in [5.41, 5.74) is 0. The van der Waals surface area contributed by atoms with Gasteiger partial charge in [-0.2, -0.15) is 0 Å². The summed E-state index contributed by atoms with van der Waals surface area (Å²) in [6, 6.07) is 8.84. The van der Waals surface area contributed by atoms with Gasteiger partial charge in [0.2, 0.25) is 0 Å². The van der Waals surface area contributed by atoms with Crippen molar-refractivity contribution < 1.29 is 19.0 Å². The van der Waals surface area contributed by atoms with Crippen LogP contribution in [0.15, 0.2) is 30.3 Å². The number of hydrogen-bond acceptors (Lipinski definition) is 4. The summed E-state index contributed by atoms with van der Waals surface area (Å²) >= 11 is 0. The molecule has 0 amide bonds. The molecule has 4 heteroatoms.